The molecule has 2 aromatic carbocycles. The molecule has 2 N–H and O–H groups in total. The first-order valence-electron chi connectivity index (χ1n) is 11.4. The third-order valence-electron chi connectivity index (χ3n) is 7.04. The van der Waals surface area contributed by atoms with Crippen LogP contribution in [0.2, 0.25) is 0 Å². The molecule has 192 valence electrons. The predicted octanol–water partition coefficient (Wildman–Crippen LogP) is 3.12. The zero-order chi connectivity index (χ0) is 26.8. The summed E-state index contributed by atoms with van der Waals surface area (Å²) >= 11 is 0. The second-order valence-corrected chi connectivity index (χ2v) is 9.50. The Morgan fingerprint density at radius 1 is 1.05 bits per heavy atom. The van der Waals surface area contributed by atoms with E-state index in [0.717, 1.165) is 30.5 Å². The van der Waals surface area contributed by atoms with Crippen LogP contribution in [0.3, 0.4) is 0 Å². The van der Waals surface area contributed by atoms with Gasteiger partial charge < -0.3 is 19.9 Å². The number of amides is 2. The molecule has 1 atom stereocenters. The SMILES string of the molecule is Cc1cc(F)c(CNC(=O)c2cn3c(c(O)c2=O)C(=O)N2CCc4cc(F)c(F)cc4C3(C)C2)c(F)c1. The molecule has 0 spiro atoms. The molecule has 3 heterocycles. The van der Waals surface area contributed by atoms with Gasteiger partial charge in [-0.2, -0.15) is 0 Å². The van der Waals surface area contributed by atoms with Gasteiger partial charge in [0.1, 0.15) is 17.2 Å². The van der Waals surface area contributed by atoms with E-state index in [2.05, 4.69) is 5.32 Å². The van der Waals surface area contributed by atoms with Crippen LogP contribution in [0.4, 0.5) is 17.6 Å². The zero-order valence-corrected chi connectivity index (χ0v) is 19.8. The van der Waals surface area contributed by atoms with Gasteiger partial charge in [0, 0.05) is 31.4 Å². The van der Waals surface area contributed by atoms with E-state index < -0.39 is 75.2 Å². The van der Waals surface area contributed by atoms with Crippen molar-refractivity contribution in [3.8, 4) is 5.75 Å². The average molecular weight is 515 g/mol. The number of hydrogen-bond donors (Lipinski definition) is 2. The third-order valence-corrected chi connectivity index (χ3v) is 7.04. The minimum absolute atomic E-state index is 0.0000636. The molecule has 1 aromatic heterocycles. The Hall–Kier alpha value is -4.15. The normalized spacial score (nSPS) is 18.2. The minimum Gasteiger partial charge on any atom is -0.503 e. The lowest BCUT2D eigenvalue weighted by Crippen LogP contribution is -2.53. The van der Waals surface area contributed by atoms with Gasteiger partial charge in [0.2, 0.25) is 5.43 Å². The number of nitrogens with zero attached hydrogens (tertiary/aromatic N) is 2. The minimum atomic E-state index is -1.28. The summed E-state index contributed by atoms with van der Waals surface area (Å²) in [6.45, 7) is 2.66. The Kier molecular flexibility index (Phi) is 5.61. The molecule has 37 heavy (non-hydrogen) atoms. The Labute approximate surface area is 207 Å². The fraction of sp³-hybridized carbons (Fsp3) is 0.269. The van der Waals surface area contributed by atoms with E-state index in [1.807, 2.05) is 0 Å². The number of benzene rings is 2. The van der Waals surface area contributed by atoms with E-state index in [9.17, 15) is 37.1 Å². The topological polar surface area (TPSA) is 91.6 Å². The van der Waals surface area contributed by atoms with E-state index in [0.29, 0.717) is 16.7 Å². The standard InChI is InChI=1S/C26H21F4N3O4/c1-12-5-17(27)14(18(28)6-12)9-31-24(36)15-10-33-21(23(35)22(15)34)25(37)32-4-3-13-7-19(29)20(30)8-16(13)26(33,2)11-32/h5-8,10,35H,3-4,9,11H2,1-2H3,(H,31,36). The number of carbonyl (C=O) groups is 2. The van der Waals surface area contributed by atoms with Crippen LogP contribution in [0.5, 0.6) is 5.75 Å². The van der Waals surface area contributed by atoms with Crippen LogP contribution in [0.25, 0.3) is 0 Å². The summed E-state index contributed by atoms with van der Waals surface area (Å²) in [4.78, 5) is 40.4. The Bertz CT molecular complexity index is 1550. The Balaban J connectivity index is 1.62. The highest BCUT2D eigenvalue weighted by Gasteiger charge is 2.46. The van der Waals surface area contributed by atoms with Crippen molar-refractivity contribution in [3.05, 3.63) is 97.5 Å². The molecule has 7 nitrogen and oxygen atoms in total. The molecule has 0 saturated heterocycles. The van der Waals surface area contributed by atoms with Crippen LogP contribution in [0, 0.1) is 30.2 Å². The summed E-state index contributed by atoms with van der Waals surface area (Å²) in [5, 5.41) is 13.0. The highest BCUT2D eigenvalue weighted by atomic mass is 19.2. The molecule has 0 fully saturated rings. The van der Waals surface area contributed by atoms with Gasteiger partial charge in [-0.05, 0) is 61.2 Å². The number of aryl methyl sites for hydroxylation is 1. The first-order valence-corrected chi connectivity index (χ1v) is 11.4. The number of halogens is 4. The summed E-state index contributed by atoms with van der Waals surface area (Å²) in [7, 11) is 0. The van der Waals surface area contributed by atoms with E-state index in [-0.39, 0.29) is 19.5 Å². The Morgan fingerprint density at radius 2 is 1.70 bits per heavy atom. The van der Waals surface area contributed by atoms with Crippen molar-refractivity contribution >= 4 is 11.8 Å². The van der Waals surface area contributed by atoms with Crippen LogP contribution in [-0.4, -0.2) is 39.5 Å². The van der Waals surface area contributed by atoms with Gasteiger partial charge in [0.05, 0.1) is 5.54 Å². The number of fused-ring (bicyclic) bond motifs is 6. The first-order chi connectivity index (χ1) is 17.4. The second-order valence-electron chi connectivity index (χ2n) is 9.50. The van der Waals surface area contributed by atoms with Crippen molar-refractivity contribution in [3.63, 3.8) is 0 Å². The summed E-state index contributed by atoms with van der Waals surface area (Å²) in [6.07, 6.45) is 1.26. The van der Waals surface area contributed by atoms with Gasteiger partial charge in [0.15, 0.2) is 23.1 Å². The van der Waals surface area contributed by atoms with E-state index in [4.69, 9.17) is 0 Å². The summed E-state index contributed by atoms with van der Waals surface area (Å²) < 4.78 is 58.0. The van der Waals surface area contributed by atoms with Crippen LogP contribution in [0.15, 0.2) is 35.3 Å². The van der Waals surface area contributed by atoms with Gasteiger partial charge in [0.25, 0.3) is 11.8 Å². The summed E-state index contributed by atoms with van der Waals surface area (Å²) in [5.74, 6) is -6.66. The van der Waals surface area contributed by atoms with Crippen LogP contribution < -0.4 is 10.7 Å². The molecule has 2 bridgehead atoms. The molecule has 1 unspecified atom stereocenters. The van der Waals surface area contributed by atoms with Gasteiger partial charge in [-0.1, -0.05) is 0 Å². The number of rotatable bonds is 3. The Morgan fingerprint density at radius 3 is 2.38 bits per heavy atom. The molecule has 3 aromatic rings. The van der Waals surface area contributed by atoms with Crippen molar-refractivity contribution in [2.75, 3.05) is 13.1 Å². The lowest BCUT2D eigenvalue weighted by Gasteiger charge is -2.42. The van der Waals surface area contributed by atoms with Crippen molar-refractivity contribution < 1.29 is 32.3 Å². The van der Waals surface area contributed by atoms with Crippen molar-refractivity contribution in [1.29, 1.82) is 0 Å². The fourth-order valence-electron chi connectivity index (χ4n) is 5.14. The van der Waals surface area contributed by atoms with Gasteiger partial charge in [-0.15, -0.1) is 0 Å². The smallest absolute Gasteiger partial charge is 0.274 e. The van der Waals surface area contributed by atoms with Gasteiger partial charge >= 0.3 is 0 Å². The molecule has 0 saturated carbocycles. The monoisotopic (exact) mass is 515 g/mol. The number of aromatic hydroxyl groups is 1. The highest BCUT2D eigenvalue weighted by Crippen LogP contribution is 2.40. The molecule has 2 aliphatic heterocycles. The van der Waals surface area contributed by atoms with Crippen LogP contribution >= 0.6 is 0 Å². The largest absolute Gasteiger partial charge is 0.503 e. The highest BCUT2D eigenvalue weighted by molar-refractivity contribution is 5.99. The average Bonchev–Trinajstić information content (AvgIpc) is 2.95. The number of pyridine rings is 1. The van der Waals surface area contributed by atoms with Crippen molar-refractivity contribution in [2.24, 2.45) is 0 Å². The van der Waals surface area contributed by atoms with Crippen molar-refractivity contribution in [1.82, 2.24) is 14.8 Å². The molecule has 5 rings (SSSR count). The first kappa shape index (κ1) is 24.5. The summed E-state index contributed by atoms with van der Waals surface area (Å²) in [5.41, 5.74) is -2.76. The van der Waals surface area contributed by atoms with Crippen molar-refractivity contribution in [2.45, 2.75) is 32.4 Å². The van der Waals surface area contributed by atoms with E-state index in [1.165, 1.54) is 16.4 Å². The van der Waals surface area contributed by atoms with Crippen LogP contribution in [-0.2, 0) is 18.5 Å². The number of aromatic nitrogens is 1. The maximum atomic E-state index is 14.3. The molecule has 0 aliphatic carbocycles. The van der Waals surface area contributed by atoms with Gasteiger partial charge in [-0.25, -0.2) is 17.6 Å². The van der Waals surface area contributed by atoms with E-state index in [1.54, 1.807) is 6.92 Å². The quantitative estimate of drug-likeness (QED) is 0.525. The molecule has 2 aliphatic rings. The fourth-order valence-corrected chi connectivity index (χ4v) is 5.14. The van der Waals surface area contributed by atoms with Crippen LogP contribution in [0.1, 0.15) is 50.0 Å². The lowest BCUT2D eigenvalue weighted by molar-refractivity contribution is 0.0623. The van der Waals surface area contributed by atoms with E-state index >= 15 is 0 Å². The maximum absolute atomic E-state index is 14.3. The number of nitrogens with one attached hydrogen (secondary N) is 1. The lowest BCUT2D eigenvalue weighted by atomic mass is 9.85. The molecule has 2 amide bonds. The second kappa shape index (κ2) is 8.46. The molecule has 0 radical (unpaired) electrons. The molecular formula is C26H21F4N3O4. The van der Waals surface area contributed by atoms with Gasteiger partial charge in [-0.3, -0.25) is 14.4 Å². The molecule has 11 heteroatoms. The number of carbonyl (C=O) groups excluding carboxylic acids is 2. The third kappa shape index (κ3) is 3.76. The summed E-state index contributed by atoms with van der Waals surface area (Å²) in [6, 6.07) is 4.23. The predicted molar refractivity (Wildman–Crippen MR) is 123 cm³/mol. The maximum Gasteiger partial charge on any atom is 0.274 e. The zero-order valence-electron chi connectivity index (χ0n) is 19.8. The molecular weight excluding hydrogens is 494 g/mol. The number of hydrogen-bond acceptors (Lipinski definition) is 4.